The summed E-state index contributed by atoms with van der Waals surface area (Å²) in [5.74, 6) is 2.24. The minimum atomic E-state index is -0.742. The number of carbonyl (C=O) groups excluding carboxylic acids is 3. The van der Waals surface area contributed by atoms with Crippen molar-refractivity contribution in [3.05, 3.63) is 71.3 Å². The van der Waals surface area contributed by atoms with Gasteiger partial charge in [-0.15, -0.1) is 6.58 Å². The maximum atomic E-state index is 13.7. The molecule has 0 atom stereocenters. The van der Waals surface area contributed by atoms with Gasteiger partial charge in [-0.2, -0.15) is 0 Å². The molecule has 41 heavy (non-hydrogen) atoms. The predicted molar refractivity (Wildman–Crippen MR) is 158 cm³/mol. The second-order valence-electron chi connectivity index (χ2n) is 12.1. The first kappa shape index (κ1) is 27.3. The van der Waals surface area contributed by atoms with Crippen LogP contribution in [0.2, 0.25) is 0 Å². The van der Waals surface area contributed by atoms with Crippen LogP contribution in [0.1, 0.15) is 69.1 Å². The normalized spacial score (nSPS) is 27.8. The van der Waals surface area contributed by atoms with E-state index in [1.807, 2.05) is 32.0 Å². The molecular formula is C34H38N2O5. The summed E-state index contributed by atoms with van der Waals surface area (Å²) >= 11 is 0. The molecule has 1 heterocycles. The van der Waals surface area contributed by atoms with Crippen molar-refractivity contribution in [3.8, 4) is 11.5 Å². The standard InChI is InChI=1S/C34H38N2O5/c1-4-7-25-15-21(17-29(40-5-2)30(25)41-6-3)16-28-31(37)35-33(39)36(32(28)38)27-10-8-26(9-11-27)34-18-22-12-23(19-34)14-24(13-22)20-34/h4,8-11,15-17,22-24H,1,5-7,12-14,18-20H2,2-3H3,(H,35,37,39)/b28-16+. The molecule has 7 nitrogen and oxygen atoms in total. The number of urea groups is 1. The van der Waals surface area contributed by atoms with Gasteiger partial charge in [0.2, 0.25) is 0 Å². The van der Waals surface area contributed by atoms with Crippen molar-refractivity contribution in [1.29, 1.82) is 0 Å². The Morgan fingerprint density at radius 2 is 1.59 bits per heavy atom. The first-order valence-corrected chi connectivity index (χ1v) is 14.9. The maximum absolute atomic E-state index is 13.7. The van der Waals surface area contributed by atoms with Crippen molar-refractivity contribution in [3.63, 3.8) is 0 Å². The Kier molecular flexibility index (Phi) is 7.22. The van der Waals surface area contributed by atoms with E-state index < -0.39 is 17.8 Å². The number of carbonyl (C=O) groups is 3. The van der Waals surface area contributed by atoms with Gasteiger partial charge < -0.3 is 9.47 Å². The molecule has 2 aromatic rings. The molecule has 4 saturated carbocycles. The van der Waals surface area contributed by atoms with Crippen molar-refractivity contribution in [2.45, 2.75) is 64.2 Å². The summed E-state index contributed by atoms with van der Waals surface area (Å²) < 4.78 is 11.7. The molecule has 1 aliphatic heterocycles. The second-order valence-corrected chi connectivity index (χ2v) is 12.1. The van der Waals surface area contributed by atoms with Gasteiger partial charge in [0.1, 0.15) is 5.57 Å². The van der Waals surface area contributed by atoms with Gasteiger partial charge >= 0.3 is 6.03 Å². The average Bonchev–Trinajstić information content (AvgIpc) is 2.93. The Morgan fingerprint density at radius 1 is 0.951 bits per heavy atom. The largest absolute Gasteiger partial charge is 0.490 e. The minimum Gasteiger partial charge on any atom is -0.490 e. The smallest absolute Gasteiger partial charge is 0.335 e. The Morgan fingerprint density at radius 3 is 2.17 bits per heavy atom. The zero-order chi connectivity index (χ0) is 28.7. The quantitative estimate of drug-likeness (QED) is 0.222. The van der Waals surface area contributed by atoms with Crippen LogP contribution in [0.5, 0.6) is 11.5 Å². The molecule has 1 N–H and O–H groups in total. The fraction of sp³-hybridized carbons (Fsp3) is 0.441. The highest BCUT2D eigenvalue weighted by Gasteiger charge is 2.51. The number of allylic oxidation sites excluding steroid dienone is 1. The number of nitrogens with one attached hydrogen (secondary N) is 1. The first-order valence-electron chi connectivity index (χ1n) is 14.9. The van der Waals surface area contributed by atoms with Crippen LogP contribution in [0.3, 0.4) is 0 Å². The number of benzene rings is 2. The van der Waals surface area contributed by atoms with E-state index >= 15 is 0 Å². The number of hydrogen-bond donors (Lipinski definition) is 1. The number of amides is 4. The Hall–Kier alpha value is -3.87. The molecular weight excluding hydrogens is 516 g/mol. The van der Waals surface area contributed by atoms with Crippen LogP contribution in [0.4, 0.5) is 10.5 Å². The Bertz CT molecular complexity index is 1390. The predicted octanol–water partition coefficient (Wildman–Crippen LogP) is 6.35. The third-order valence-electron chi connectivity index (χ3n) is 9.30. The first-order chi connectivity index (χ1) is 19.8. The van der Waals surface area contributed by atoms with Crippen LogP contribution < -0.4 is 19.7 Å². The van der Waals surface area contributed by atoms with E-state index in [1.165, 1.54) is 50.2 Å². The van der Waals surface area contributed by atoms with Gasteiger partial charge in [0.05, 0.1) is 18.9 Å². The molecule has 0 spiro atoms. The zero-order valence-corrected chi connectivity index (χ0v) is 23.9. The summed E-state index contributed by atoms with van der Waals surface area (Å²) in [6.45, 7) is 8.50. The molecule has 4 bridgehead atoms. The molecule has 7 rings (SSSR count). The van der Waals surface area contributed by atoms with Gasteiger partial charge in [0, 0.05) is 5.56 Å². The van der Waals surface area contributed by atoms with Crippen LogP contribution in [0.15, 0.2) is 54.6 Å². The van der Waals surface area contributed by atoms with E-state index in [9.17, 15) is 14.4 Å². The summed E-state index contributed by atoms with van der Waals surface area (Å²) in [7, 11) is 0. The number of ether oxygens (including phenoxy) is 2. The Labute approximate surface area is 241 Å². The topological polar surface area (TPSA) is 84.9 Å². The van der Waals surface area contributed by atoms with Gasteiger partial charge in [-0.05, 0) is 123 Å². The molecule has 214 valence electrons. The number of nitrogens with zero attached hydrogens (tertiary/aromatic N) is 1. The lowest BCUT2D eigenvalue weighted by atomic mass is 9.48. The van der Waals surface area contributed by atoms with Gasteiger partial charge in [-0.3, -0.25) is 14.9 Å². The maximum Gasteiger partial charge on any atom is 0.335 e. The van der Waals surface area contributed by atoms with E-state index in [1.54, 1.807) is 12.1 Å². The zero-order valence-electron chi connectivity index (χ0n) is 23.9. The summed E-state index contributed by atoms with van der Waals surface area (Å²) in [6, 6.07) is 10.7. The highest BCUT2D eigenvalue weighted by molar-refractivity contribution is 6.39. The minimum absolute atomic E-state index is 0.120. The third kappa shape index (κ3) is 4.96. The van der Waals surface area contributed by atoms with E-state index in [4.69, 9.17) is 9.47 Å². The molecule has 7 heteroatoms. The van der Waals surface area contributed by atoms with Crippen molar-refractivity contribution in [2.75, 3.05) is 18.1 Å². The number of anilines is 1. The second kappa shape index (κ2) is 10.8. The molecule has 0 aromatic heterocycles. The van der Waals surface area contributed by atoms with Crippen molar-refractivity contribution in [2.24, 2.45) is 17.8 Å². The summed E-state index contributed by atoms with van der Waals surface area (Å²) in [6.07, 6.45) is 11.6. The highest BCUT2D eigenvalue weighted by Crippen LogP contribution is 2.60. The fourth-order valence-electron chi connectivity index (χ4n) is 8.13. The van der Waals surface area contributed by atoms with E-state index in [-0.39, 0.29) is 11.0 Å². The van der Waals surface area contributed by atoms with Gasteiger partial charge in [0.25, 0.3) is 11.8 Å². The number of rotatable bonds is 9. The van der Waals surface area contributed by atoms with Crippen LogP contribution in [-0.4, -0.2) is 31.1 Å². The van der Waals surface area contributed by atoms with Crippen molar-refractivity contribution in [1.82, 2.24) is 5.32 Å². The van der Waals surface area contributed by atoms with Crippen LogP contribution >= 0.6 is 0 Å². The average molecular weight is 555 g/mol. The monoisotopic (exact) mass is 554 g/mol. The van der Waals surface area contributed by atoms with Crippen LogP contribution in [0, 0.1) is 17.8 Å². The summed E-state index contributed by atoms with van der Waals surface area (Å²) in [4.78, 5) is 40.5. The van der Waals surface area contributed by atoms with E-state index in [2.05, 4.69) is 24.0 Å². The third-order valence-corrected chi connectivity index (χ3v) is 9.30. The van der Waals surface area contributed by atoms with E-state index in [0.29, 0.717) is 42.4 Å². The van der Waals surface area contributed by atoms with Crippen LogP contribution in [-0.2, 0) is 21.4 Å². The Balaban J connectivity index is 1.30. The van der Waals surface area contributed by atoms with Gasteiger partial charge in [-0.25, -0.2) is 9.69 Å². The molecule has 0 radical (unpaired) electrons. The van der Waals surface area contributed by atoms with Gasteiger partial charge in [-0.1, -0.05) is 18.2 Å². The number of hydrogen-bond acceptors (Lipinski definition) is 5. The molecule has 4 amide bonds. The van der Waals surface area contributed by atoms with Crippen molar-refractivity contribution >= 4 is 29.6 Å². The highest BCUT2D eigenvalue weighted by atomic mass is 16.5. The summed E-state index contributed by atoms with van der Waals surface area (Å²) in [5, 5.41) is 2.35. The number of imide groups is 2. The lowest BCUT2D eigenvalue weighted by molar-refractivity contribution is -0.122. The molecule has 0 unspecified atom stereocenters. The summed E-state index contributed by atoms with van der Waals surface area (Å²) in [5.41, 5.74) is 3.29. The molecule has 4 aliphatic carbocycles. The number of barbiturate groups is 1. The lowest BCUT2D eigenvalue weighted by Crippen LogP contribution is -2.54. The van der Waals surface area contributed by atoms with E-state index in [0.717, 1.165) is 28.2 Å². The molecule has 5 fully saturated rings. The SMILES string of the molecule is C=CCc1cc(/C=C2\C(=O)NC(=O)N(c3ccc(C45CC6CC(CC(C6)C4)C5)cc3)C2=O)cc(OCC)c1OCC. The molecule has 2 aromatic carbocycles. The van der Waals surface area contributed by atoms with Crippen molar-refractivity contribution < 1.29 is 23.9 Å². The molecule has 1 saturated heterocycles. The lowest BCUT2D eigenvalue weighted by Gasteiger charge is -2.57. The fourth-order valence-corrected chi connectivity index (χ4v) is 8.13. The molecule has 5 aliphatic rings. The van der Waals surface area contributed by atoms with Gasteiger partial charge in [0.15, 0.2) is 11.5 Å². The van der Waals surface area contributed by atoms with Crippen LogP contribution in [0.25, 0.3) is 6.08 Å².